The highest BCUT2D eigenvalue weighted by Gasteiger charge is 2.33. The Labute approximate surface area is 233 Å². The van der Waals surface area contributed by atoms with Gasteiger partial charge in [0, 0.05) is 11.8 Å². The minimum Gasteiger partial charge on any atom is -0.0767 e. The van der Waals surface area contributed by atoms with Crippen molar-refractivity contribution in [2.75, 3.05) is 0 Å². The maximum atomic E-state index is 2.41. The fraction of sp³-hybridized carbons (Fsp3) is 0.0500. The lowest BCUT2D eigenvalue weighted by atomic mass is 9.67. The maximum Gasteiger partial charge on any atom is 0.0199 e. The predicted molar refractivity (Wildman–Crippen MR) is 171 cm³/mol. The molecule has 0 spiro atoms. The van der Waals surface area contributed by atoms with Gasteiger partial charge >= 0.3 is 0 Å². The van der Waals surface area contributed by atoms with Gasteiger partial charge in [-0.1, -0.05) is 140 Å². The van der Waals surface area contributed by atoms with Crippen LogP contribution in [0.15, 0.2) is 139 Å². The quantitative estimate of drug-likeness (QED) is 0.205. The van der Waals surface area contributed by atoms with Gasteiger partial charge in [-0.05, 0) is 82.9 Å². The third-order valence-corrected chi connectivity index (χ3v) is 9.18. The average Bonchev–Trinajstić information content (AvgIpc) is 3.02. The first-order valence-electron chi connectivity index (χ1n) is 14.2. The Kier molecular flexibility index (Phi) is 4.54. The summed E-state index contributed by atoms with van der Waals surface area (Å²) in [4.78, 5) is 0. The highest BCUT2D eigenvalue weighted by atomic mass is 14.4. The summed E-state index contributed by atoms with van der Waals surface area (Å²) < 4.78 is 0. The second kappa shape index (κ2) is 8.28. The molecular formula is C40H26. The van der Waals surface area contributed by atoms with Crippen molar-refractivity contribution in [3.63, 3.8) is 0 Å². The van der Waals surface area contributed by atoms with E-state index in [1.165, 1.54) is 76.8 Å². The van der Waals surface area contributed by atoms with Crippen LogP contribution in [0.25, 0.3) is 66.7 Å². The van der Waals surface area contributed by atoms with E-state index in [1.54, 1.807) is 0 Å². The van der Waals surface area contributed by atoms with E-state index >= 15 is 0 Å². The smallest absolute Gasteiger partial charge is 0.0199 e. The molecule has 0 bridgehead atoms. The molecule has 0 aliphatic heterocycles. The molecule has 0 N–H and O–H groups in total. The van der Waals surface area contributed by atoms with Crippen molar-refractivity contribution in [2.24, 2.45) is 5.92 Å². The summed E-state index contributed by atoms with van der Waals surface area (Å²) in [6.07, 6.45) is 16.3. The summed E-state index contributed by atoms with van der Waals surface area (Å²) in [5.74, 6) is 0.828. The van der Waals surface area contributed by atoms with E-state index in [0.717, 1.165) is 0 Å². The average molecular weight is 507 g/mol. The van der Waals surface area contributed by atoms with E-state index in [1.807, 2.05) is 0 Å². The molecule has 3 aliphatic rings. The van der Waals surface area contributed by atoms with Crippen molar-refractivity contribution < 1.29 is 0 Å². The molecule has 2 atom stereocenters. The number of benzene rings is 6. The number of rotatable bonds is 2. The zero-order chi connectivity index (χ0) is 26.2. The zero-order valence-corrected chi connectivity index (χ0v) is 22.0. The van der Waals surface area contributed by atoms with Crippen LogP contribution in [0.5, 0.6) is 0 Å². The third kappa shape index (κ3) is 3.02. The van der Waals surface area contributed by atoms with Crippen molar-refractivity contribution in [1.29, 1.82) is 0 Å². The van der Waals surface area contributed by atoms with Gasteiger partial charge < -0.3 is 0 Å². The van der Waals surface area contributed by atoms with E-state index in [-0.39, 0.29) is 0 Å². The third-order valence-electron chi connectivity index (χ3n) is 9.18. The Balaban J connectivity index is 1.38. The molecule has 9 rings (SSSR count). The van der Waals surface area contributed by atoms with Gasteiger partial charge in [0.25, 0.3) is 0 Å². The van der Waals surface area contributed by atoms with Gasteiger partial charge in [0.15, 0.2) is 0 Å². The molecule has 0 amide bonds. The Morgan fingerprint density at radius 3 is 2.00 bits per heavy atom. The number of hydrogen-bond acceptors (Lipinski definition) is 0. The fourth-order valence-electron chi connectivity index (χ4n) is 7.44. The van der Waals surface area contributed by atoms with Crippen LogP contribution in [0.1, 0.15) is 22.6 Å². The molecule has 0 saturated carbocycles. The second-order valence-electron chi connectivity index (χ2n) is 11.2. The molecule has 0 radical (unpaired) electrons. The Hall–Kier alpha value is -4.94. The van der Waals surface area contributed by atoms with Crippen LogP contribution in [0.2, 0.25) is 0 Å². The molecule has 186 valence electrons. The van der Waals surface area contributed by atoms with Gasteiger partial charge in [-0.25, -0.2) is 0 Å². The van der Waals surface area contributed by atoms with Crippen LogP contribution in [-0.4, -0.2) is 0 Å². The normalized spacial score (nSPS) is 18.4. The topological polar surface area (TPSA) is 0 Å². The molecule has 0 aromatic heterocycles. The van der Waals surface area contributed by atoms with E-state index in [2.05, 4.69) is 146 Å². The van der Waals surface area contributed by atoms with Gasteiger partial charge in [0.1, 0.15) is 0 Å². The largest absolute Gasteiger partial charge is 0.0767 e. The van der Waals surface area contributed by atoms with E-state index in [0.29, 0.717) is 11.8 Å². The molecule has 0 saturated heterocycles. The molecule has 6 aromatic carbocycles. The summed E-state index contributed by atoms with van der Waals surface area (Å²) in [6, 6.07) is 38.2. The first-order chi connectivity index (χ1) is 19.8. The molecule has 2 unspecified atom stereocenters. The Morgan fingerprint density at radius 1 is 0.525 bits per heavy atom. The first kappa shape index (κ1) is 21.9. The van der Waals surface area contributed by atoms with Crippen molar-refractivity contribution in [2.45, 2.75) is 5.92 Å². The summed E-state index contributed by atoms with van der Waals surface area (Å²) in [7, 11) is 0. The van der Waals surface area contributed by atoms with Gasteiger partial charge in [-0.2, -0.15) is 0 Å². The fourth-order valence-corrected chi connectivity index (χ4v) is 7.44. The second-order valence-corrected chi connectivity index (χ2v) is 11.2. The first-order valence-corrected chi connectivity index (χ1v) is 14.2. The van der Waals surface area contributed by atoms with Gasteiger partial charge in [0.05, 0.1) is 0 Å². The van der Waals surface area contributed by atoms with Gasteiger partial charge in [0.2, 0.25) is 0 Å². The number of allylic oxidation sites excluding steroid dienone is 6. The van der Waals surface area contributed by atoms with Crippen LogP contribution in [0.4, 0.5) is 0 Å². The SMILES string of the molecule is C1=CC2C=Cc3c(-c4c5ccccc5c(-c5ccc6ccccc6c5)c5ccccc45)ccc4c3C2C(=C1)C=C4. The van der Waals surface area contributed by atoms with Crippen LogP contribution in [0, 0.1) is 5.92 Å². The lowest BCUT2D eigenvalue weighted by Crippen LogP contribution is -2.21. The standard InChI is InChI=1S/C40H26/c1-2-9-29-24-30(19-16-25(29)8-1)38-31-12-3-5-14-33(31)40(34-15-6-4-13-32(34)38)36-23-21-28-18-17-26-10-7-11-27-20-22-35(36)39(28)37(26)27/h1-24,27,37H. The number of hydrogen-bond donors (Lipinski definition) is 0. The molecule has 6 aromatic rings. The monoisotopic (exact) mass is 506 g/mol. The van der Waals surface area contributed by atoms with Crippen molar-refractivity contribution in [1.82, 2.24) is 0 Å². The molecular weight excluding hydrogens is 480 g/mol. The lowest BCUT2D eigenvalue weighted by Gasteiger charge is -2.36. The van der Waals surface area contributed by atoms with Crippen LogP contribution in [0.3, 0.4) is 0 Å². The van der Waals surface area contributed by atoms with Crippen LogP contribution >= 0.6 is 0 Å². The molecule has 3 aliphatic carbocycles. The molecule has 40 heavy (non-hydrogen) atoms. The summed E-state index contributed by atoms with van der Waals surface area (Å²) in [5, 5.41) is 7.76. The van der Waals surface area contributed by atoms with Crippen molar-refractivity contribution >= 4 is 44.5 Å². The highest BCUT2D eigenvalue weighted by molar-refractivity contribution is 6.22. The predicted octanol–water partition coefficient (Wildman–Crippen LogP) is 10.7. The zero-order valence-electron chi connectivity index (χ0n) is 22.0. The molecule has 0 nitrogen and oxygen atoms in total. The Bertz CT molecular complexity index is 2110. The number of fused-ring (bicyclic) bond motifs is 3. The summed E-state index contributed by atoms with van der Waals surface area (Å²) in [5.41, 5.74) is 10.9. The summed E-state index contributed by atoms with van der Waals surface area (Å²) in [6.45, 7) is 0. The van der Waals surface area contributed by atoms with Crippen molar-refractivity contribution in [3.05, 3.63) is 156 Å². The van der Waals surface area contributed by atoms with Gasteiger partial charge in [-0.15, -0.1) is 0 Å². The van der Waals surface area contributed by atoms with E-state index in [9.17, 15) is 0 Å². The summed E-state index contributed by atoms with van der Waals surface area (Å²) >= 11 is 0. The highest BCUT2D eigenvalue weighted by Crippen LogP contribution is 2.51. The van der Waals surface area contributed by atoms with Crippen molar-refractivity contribution in [3.8, 4) is 22.3 Å². The lowest BCUT2D eigenvalue weighted by molar-refractivity contribution is 0.665. The maximum absolute atomic E-state index is 2.41. The van der Waals surface area contributed by atoms with Crippen LogP contribution < -0.4 is 0 Å². The molecule has 0 heteroatoms. The minimum atomic E-state index is 0.402. The van der Waals surface area contributed by atoms with Gasteiger partial charge in [-0.3, -0.25) is 0 Å². The molecule has 0 fully saturated rings. The Morgan fingerprint density at radius 2 is 1.23 bits per heavy atom. The minimum absolute atomic E-state index is 0.402. The molecule has 0 heterocycles. The van der Waals surface area contributed by atoms with E-state index in [4.69, 9.17) is 0 Å². The van der Waals surface area contributed by atoms with E-state index < -0.39 is 0 Å². The van der Waals surface area contributed by atoms with Crippen LogP contribution in [-0.2, 0) is 0 Å².